The lowest BCUT2D eigenvalue weighted by molar-refractivity contribution is -0.0500. The van der Waals surface area contributed by atoms with Crippen molar-refractivity contribution in [2.24, 2.45) is 11.7 Å². The molecule has 1 saturated carbocycles. The van der Waals surface area contributed by atoms with E-state index >= 15 is 0 Å². The normalized spacial score (nSPS) is 19.1. The first-order valence-electron chi connectivity index (χ1n) is 10.5. The topological polar surface area (TPSA) is 94.5 Å². The molecular formula is C22H31F2N5O2. The van der Waals surface area contributed by atoms with Crippen LogP contribution in [0.1, 0.15) is 76.7 Å². The van der Waals surface area contributed by atoms with Crippen LogP contribution >= 0.6 is 0 Å². The van der Waals surface area contributed by atoms with Crippen LogP contribution < -0.4 is 11.1 Å². The maximum absolute atomic E-state index is 13.7. The number of rotatable bonds is 5. The minimum Gasteiger partial charge on any atom is -0.444 e. The number of imidazole rings is 1. The predicted molar refractivity (Wildman–Crippen MR) is 114 cm³/mol. The quantitative estimate of drug-likeness (QED) is 0.664. The Hall–Kier alpha value is -2.55. The van der Waals surface area contributed by atoms with Crippen molar-refractivity contribution >= 4 is 11.7 Å². The summed E-state index contributed by atoms with van der Waals surface area (Å²) >= 11 is 0. The van der Waals surface area contributed by atoms with Crippen molar-refractivity contribution in [2.45, 2.75) is 77.0 Å². The van der Waals surface area contributed by atoms with Crippen molar-refractivity contribution in [3.8, 4) is 0 Å². The molecule has 2 atom stereocenters. The molecule has 3 N–H and O–H groups in total. The Kier molecular flexibility index (Phi) is 6.36. The third-order valence-corrected chi connectivity index (χ3v) is 5.47. The zero-order valence-corrected chi connectivity index (χ0v) is 18.5. The Morgan fingerprint density at radius 1 is 1.39 bits per heavy atom. The highest BCUT2D eigenvalue weighted by Gasteiger charge is 2.39. The molecule has 0 unspecified atom stereocenters. The minimum atomic E-state index is -2.67. The van der Waals surface area contributed by atoms with Crippen molar-refractivity contribution < 1.29 is 18.3 Å². The lowest BCUT2D eigenvalue weighted by Gasteiger charge is -2.33. The minimum absolute atomic E-state index is 0.186. The molecule has 3 rings (SSSR count). The van der Waals surface area contributed by atoms with E-state index in [0.29, 0.717) is 11.3 Å². The Morgan fingerprint density at radius 2 is 2.03 bits per heavy atom. The van der Waals surface area contributed by atoms with Crippen LogP contribution in [0.4, 0.5) is 13.6 Å². The summed E-state index contributed by atoms with van der Waals surface area (Å²) in [5.74, 6) is -2.85. The van der Waals surface area contributed by atoms with Crippen molar-refractivity contribution in [3.05, 3.63) is 41.9 Å². The molecule has 31 heavy (non-hydrogen) atoms. The fourth-order valence-corrected chi connectivity index (χ4v) is 3.78. The molecule has 0 aromatic carbocycles. The van der Waals surface area contributed by atoms with Gasteiger partial charge in [0.25, 0.3) is 0 Å². The fraction of sp³-hybridized carbons (Fsp3) is 0.591. The summed E-state index contributed by atoms with van der Waals surface area (Å²) in [6.07, 6.45) is 2.88. The number of nitrogens with two attached hydrogens (primary N) is 1. The van der Waals surface area contributed by atoms with Crippen LogP contribution in [0, 0.1) is 5.92 Å². The molecule has 170 valence electrons. The first-order valence-corrected chi connectivity index (χ1v) is 10.5. The number of amides is 1. The number of aromatic nitrogens is 3. The molecule has 1 aliphatic rings. The molecule has 2 aromatic heterocycles. The molecule has 0 spiro atoms. The first-order chi connectivity index (χ1) is 14.3. The average molecular weight is 436 g/mol. The van der Waals surface area contributed by atoms with Crippen LogP contribution in [0.25, 0.3) is 5.65 Å². The number of hydrogen-bond acceptors (Lipinski definition) is 5. The molecule has 1 aliphatic carbocycles. The van der Waals surface area contributed by atoms with Crippen molar-refractivity contribution in [3.63, 3.8) is 0 Å². The average Bonchev–Trinajstić information content (AvgIpc) is 3.07. The molecular weight excluding hydrogens is 404 g/mol. The lowest BCUT2D eigenvalue weighted by atomic mass is 9.81. The van der Waals surface area contributed by atoms with Crippen molar-refractivity contribution in [1.82, 2.24) is 19.9 Å². The Morgan fingerprint density at radius 3 is 2.61 bits per heavy atom. The van der Waals surface area contributed by atoms with Gasteiger partial charge in [-0.1, -0.05) is 12.2 Å². The summed E-state index contributed by atoms with van der Waals surface area (Å²) in [5.41, 5.74) is 8.14. The second-order valence-electron chi connectivity index (χ2n) is 9.40. The van der Waals surface area contributed by atoms with Gasteiger partial charge in [0.1, 0.15) is 5.60 Å². The Balaban J connectivity index is 1.91. The molecule has 7 nitrogen and oxygen atoms in total. The van der Waals surface area contributed by atoms with Crippen LogP contribution in [-0.4, -0.2) is 32.2 Å². The molecule has 0 saturated heterocycles. The molecule has 0 radical (unpaired) electrons. The Labute approximate surface area is 181 Å². The van der Waals surface area contributed by atoms with E-state index in [1.807, 2.05) is 13.0 Å². The summed E-state index contributed by atoms with van der Waals surface area (Å²) in [4.78, 5) is 17.1. The largest absolute Gasteiger partial charge is 0.444 e. The summed E-state index contributed by atoms with van der Waals surface area (Å²) in [5, 5.41) is 7.22. The van der Waals surface area contributed by atoms with Gasteiger partial charge in [-0.3, -0.25) is 0 Å². The summed E-state index contributed by atoms with van der Waals surface area (Å²) < 4.78 is 34.4. The van der Waals surface area contributed by atoms with Crippen LogP contribution in [0.15, 0.2) is 30.6 Å². The zero-order chi connectivity index (χ0) is 23.0. The number of nitrogens with one attached hydrogen (secondary N) is 1. The summed E-state index contributed by atoms with van der Waals surface area (Å²) in [6.45, 7) is 11.0. The van der Waals surface area contributed by atoms with E-state index < -0.39 is 23.7 Å². The third-order valence-electron chi connectivity index (χ3n) is 5.47. The smallest absolute Gasteiger partial charge is 0.408 e. The van der Waals surface area contributed by atoms with Gasteiger partial charge in [-0.15, -0.1) is 0 Å². The SMILES string of the molecule is C=C(C)[C@H](N)c1cnn2cc([C@@H](NC(=O)OC(C)(C)C)C3CCC(F)(F)CC3)nc2c1. The van der Waals surface area contributed by atoms with Gasteiger partial charge in [-0.05, 0) is 58.1 Å². The lowest BCUT2D eigenvalue weighted by Crippen LogP contribution is -2.40. The van der Waals surface area contributed by atoms with Gasteiger partial charge in [0.2, 0.25) is 5.92 Å². The van der Waals surface area contributed by atoms with Crippen molar-refractivity contribution in [1.29, 1.82) is 0 Å². The third kappa shape index (κ3) is 5.78. The van der Waals surface area contributed by atoms with E-state index in [2.05, 4.69) is 22.0 Å². The number of hydrogen-bond donors (Lipinski definition) is 2. The first kappa shape index (κ1) is 23.1. The second kappa shape index (κ2) is 8.53. The van der Waals surface area contributed by atoms with Crippen LogP contribution in [-0.2, 0) is 4.74 Å². The van der Waals surface area contributed by atoms with Crippen molar-refractivity contribution in [2.75, 3.05) is 0 Å². The molecule has 1 fully saturated rings. The van der Waals surface area contributed by atoms with Crippen LogP contribution in [0.2, 0.25) is 0 Å². The van der Waals surface area contributed by atoms with Gasteiger partial charge in [-0.2, -0.15) is 5.10 Å². The predicted octanol–water partition coefficient (Wildman–Crippen LogP) is 4.70. The molecule has 2 aromatic rings. The van der Waals surface area contributed by atoms with Gasteiger partial charge in [-0.25, -0.2) is 23.1 Å². The van der Waals surface area contributed by atoms with Gasteiger partial charge < -0.3 is 15.8 Å². The maximum Gasteiger partial charge on any atom is 0.408 e. The van der Waals surface area contributed by atoms with E-state index in [0.717, 1.165) is 11.1 Å². The van der Waals surface area contributed by atoms with E-state index in [1.165, 1.54) is 0 Å². The number of halogens is 2. The Bertz CT molecular complexity index is 956. The molecule has 2 heterocycles. The highest BCUT2D eigenvalue weighted by molar-refractivity contribution is 5.68. The molecule has 0 aliphatic heterocycles. The number of carbonyl (C=O) groups is 1. The molecule has 9 heteroatoms. The van der Waals surface area contributed by atoms with Gasteiger partial charge in [0.15, 0.2) is 5.65 Å². The highest BCUT2D eigenvalue weighted by Crippen LogP contribution is 2.41. The number of carbonyl (C=O) groups excluding carboxylic acids is 1. The van der Waals surface area contributed by atoms with Gasteiger partial charge in [0, 0.05) is 12.8 Å². The van der Waals surface area contributed by atoms with E-state index in [1.54, 1.807) is 37.7 Å². The zero-order valence-electron chi connectivity index (χ0n) is 18.5. The number of alkyl carbamates (subject to hydrolysis) is 1. The monoisotopic (exact) mass is 435 g/mol. The van der Waals surface area contributed by atoms with E-state index in [-0.39, 0.29) is 37.6 Å². The van der Waals surface area contributed by atoms with Crippen LogP contribution in [0.5, 0.6) is 0 Å². The number of fused-ring (bicyclic) bond motifs is 1. The van der Waals surface area contributed by atoms with Gasteiger partial charge in [0.05, 0.1) is 30.2 Å². The fourth-order valence-electron chi connectivity index (χ4n) is 3.78. The molecule has 1 amide bonds. The summed E-state index contributed by atoms with van der Waals surface area (Å²) in [6, 6.07) is 0.884. The standard InChI is InChI=1S/C22H31F2N5O2/c1-13(2)18(25)15-10-17-27-16(12-29(17)26-11-15)19(28-20(30)31-21(3,4)5)14-6-8-22(23,24)9-7-14/h10-12,14,18-19H,1,6-9,25H2,2-5H3,(H,28,30)/t18-,19-/m0/s1. The number of ether oxygens (including phenoxy) is 1. The number of alkyl halides is 2. The van der Waals surface area contributed by atoms with E-state index in [9.17, 15) is 13.6 Å². The maximum atomic E-state index is 13.7. The van der Waals surface area contributed by atoms with Gasteiger partial charge >= 0.3 is 6.09 Å². The summed E-state index contributed by atoms with van der Waals surface area (Å²) in [7, 11) is 0. The van der Waals surface area contributed by atoms with E-state index in [4.69, 9.17) is 10.5 Å². The number of nitrogens with zero attached hydrogens (tertiary/aromatic N) is 3. The second-order valence-corrected chi connectivity index (χ2v) is 9.40. The highest BCUT2D eigenvalue weighted by atomic mass is 19.3. The molecule has 0 bridgehead atoms. The van der Waals surface area contributed by atoms with Crippen LogP contribution in [0.3, 0.4) is 0 Å².